The van der Waals surface area contributed by atoms with Crippen LogP contribution in [0.25, 0.3) is 10.4 Å². The molecule has 0 atom stereocenters. The monoisotopic (exact) mass is 182 g/mol. The number of anilines is 1. The van der Waals surface area contributed by atoms with Gasteiger partial charge in [-0.3, -0.25) is 0 Å². The van der Waals surface area contributed by atoms with E-state index in [-0.39, 0.29) is 0 Å². The molecule has 1 rings (SSSR count). The van der Waals surface area contributed by atoms with Crippen LogP contribution in [0.4, 0.5) is 11.4 Å². The van der Waals surface area contributed by atoms with E-state index < -0.39 is 0 Å². The smallest absolute Gasteiger partial charge is 0.0619 e. The summed E-state index contributed by atoms with van der Waals surface area (Å²) in [7, 11) is 0. The molecule has 0 aliphatic carbocycles. The maximum atomic E-state index is 8.16. The molecule has 5 heteroatoms. The zero-order valence-corrected chi connectivity index (χ0v) is 7.21. The number of nitrogens with zero attached hydrogens (tertiary/aromatic N) is 3. The van der Waals surface area contributed by atoms with E-state index in [0.29, 0.717) is 16.4 Å². The van der Waals surface area contributed by atoms with Crippen LogP contribution < -0.4 is 5.73 Å². The Morgan fingerprint density at radius 3 is 2.83 bits per heavy atom. The topological polar surface area (TPSA) is 74.8 Å². The second-order valence-corrected chi connectivity index (χ2v) is 2.76. The van der Waals surface area contributed by atoms with Crippen LogP contribution in [0.5, 0.6) is 0 Å². The van der Waals surface area contributed by atoms with Crippen LogP contribution in [0.15, 0.2) is 17.2 Å². The van der Waals surface area contributed by atoms with Gasteiger partial charge >= 0.3 is 0 Å². The van der Waals surface area contributed by atoms with Crippen molar-refractivity contribution >= 4 is 23.0 Å². The Hall–Kier alpha value is -1.38. The molecule has 0 amide bonds. The first-order valence-corrected chi connectivity index (χ1v) is 3.63. The normalized spacial score (nSPS) is 9.17. The van der Waals surface area contributed by atoms with Gasteiger partial charge in [0.05, 0.1) is 5.69 Å². The number of azide groups is 1. The van der Waals surface area contributed by atoms with E-state index in [4.69, 9.17) is 22.9 Å². The van der Waals surface area contributed by atoms with Crippen molar-refractivity contribution < 1.29 is 0 Å². The average molecular weight is 183 g/mol. The zero-order valence-electron chi connectivity index (χ0n) is 6.45. The van der Waals surface area contributed by atoms with Crippen molar-refractivity contribution in [3.8, 4) is 0 Å². The highest BCUT2D eigenvalue weighted by Gasteiger charge is 2.00. The van der Waals surface area contributed by atoms with Gasteiger partial charge in [-0.25, -0.2) is 0 Å². The van der Waals surface area contributed by atoms with Crippen LogP contribution in [-0.2, 0) is 0 Å². The third-order valence-electron chi connectivity index (χ3n) is 1.46. The lowest BCUT2D eigenvalue weighted by Gasteiger charge is -2.02. The molecular weight excluding hydrogens is 176 g/mol. The number of hydrogen-bond donors (Lipinski definition) is 1. The number of rotatable bonds is 1. The summed E-state index contributed by atoms with van der Waals surface area (Å²) < 4.78 is 0. The lowest BCUT2D eigenvalue weighted by atomic mass is 10.2. The maximum absolute atomic E-state index is 8.16. The molecule has 0 saturated heterocycles. The molecule has 0 unspecified atom stereocenters. The molecule has 62 valence electrons. The number of halogens is 1. The molecule has 0 heterocycles. The summed E-state index contributed by atoms with van der Waals surface area (Å²) in [4.78, 5) is 2.62. The largest absolute Gasteiger partial charge is 0.398 e. The maximum Gasteiger partial charge on any atom is 0.0619 e. The molecule has 0 radical (unpaired) electrons. The van der Waals surface area contributed by atoms with Crippen molar-refractivity contribution in [1.82, 2.24) is 0 Å². The summed E-state index contributed by atoms with van der Waals surface area (Å²) in [5.74, 6) is 0. The quantitative estimate of drug-likeness (QED) is 0.308. The average Bonchev–Trinajstić information content (AvgIpc) is 2.01. The molecule has 4 nitrogen and oxygen atoms in total. The lowest BCUT2D eigenvalue weighted by Crippen LogP contribution is -1.86. The van der Waals surface area contributed by atoms with Gasteiger partial charge in [-0.1, -0.05) is 16.7 Å². The fourth-order valence-electron chi connectivity index (χ4n) is 0.828. The summed E-state index contributed by atoms with van der Waals surface area (Å²) in [6, 6.07) is 3.22. The van der Waals surface area contributed by atoms with E-state index >= 15 is 0 Å². The molecule has 12 heavy (non-hydrogen) atoms. The highest BCUT2D eigenvalue weighted by Crippen LogP contribution is 2.28. The van der Waals surface area contributed by atoms with Gasteiger partial charge in [-0.15, -0.1) is 0 Å². The van der Waals surface area contributed by atoms with Crippen molar-refractivity contribution in [3.05, 3.63) is 33.2 Å². The summed E-state index contributed by atoms with van der Waals surface area (Å²) in [6.45, 7) is 1.83. The molecule has 0 aromatic heterocycles. The Kier molecular flexibility index (Phi) is 2.43. The minimum absolute atomic E-state index is 0.369. The lowest BCUT2D eigenvalue weighted by molar-refractivity contribution is 1.42. The minimum Gasteiger partial charge on any atom is -0.398 e. The van der Waals surface area contributed by atoms with Gasteiger partial charge in [0.2, 0.25) is 0 Å². The van der Waals surface area contributed by atoms with Crippen LogP contribution in [0.3, 0.4) is 0 Å². The molecule has 0 aliphatic heterocycles. The fraction of sp³-hybridized carbons (Fsp3) is 0.143. The van der Waals surface area contributed by atoms with Gasteiger partial charge < -0.3 is 5.73 Å². The van der Waals surface area contributed by atoms with Gasteiger partial charge in [-0.2, -0.15) is 0 Å². The number of hydrogen-bond acceptors (Lipinski definition) is 2. The molecule has 1 aromatic rings. The van der Waals surface area contributed by atoms with Crippen molar-refractivity contribution in [2.24, 2.45) is 5.11 Å². The Labute approximate surface area is 74.6 Å². The Balaban J connectivity index is 3.32. The van der Waals surface area contributed by atoms with Crippen LogP contribution in [-0.4, -0.2) is 0 Å². The zero-order chi connectivity index (χ0) is 9.14. The van der Waals surface area contributed by atoms with E-state index in [1.54, 1.807) is 12.1 Å². The van der Waals surface area contributed by atoms with E-state index in [2.05, 4.69) is 10.0 Å². The number of nitrogen functional groups attached to an aromatic ring is 1. The summed E-state index contributed by atoms with van der Waals surface area (Å²) in [5.41, 5.74) is 15.4. The van der Waals surface area contributed by atoms with Gasteiger partial charge in [-0.05, 0) is 30.2 Å². The summed E-state index contributed by atoms with van der Waals surface area (Å²) >= 11 is 5.78. The molecule has 0 bridgehead atoms. The second kappa shape index (κ2) is 3.34. The first-order chi connectivity index (χ1) is 5.65. The number of benzene rings is 1. The highest BCUT2D eigenvalue weighted by molar-refractivity contribution is 6.31. The first kappa shape index (κ1) is 8.71. The van der Waals surface area contributed by atoms with Gasteiger partial charge in [0, 0.05) is 15.6 Å². The molecule has 0 spiro atoms. The Morgan fingerprint density at radius 2 is 2.25 bits per heavy atom. The highest BCUT2D eigenvalue weighted by atomic mass is 35.5. The van der Waals surface area contributed by atoms with Crippen molar-refractivity contribution in [2.75, 3.05) is 5.73 Å². The SMILES string of the molecule is Cc1cc(N)c(N=[N+]=[N-])cc1Cl. The molecule has 0 aliphatic rings. The molecular formula is C7H7ClN4. The van der Waals surface area contributed by atoms with Crippen LogP contribution in [0, 0.1) is 6.92 Å². The molecule has 1 aromatic carbocycles. The van der Waals surface area contributed by atoms with E-state index in [0.717, 1.165) is 5.56 Å². The van der Waals surface area contributed by atoms with E-state index in [1.807, 2.05) is 6.92 Å². The van der Waals surface area contributed by atoms with Crippen LogP contribution in [0.2, 0.25) is 5.02 Å². The third-order valence-corrected chi connectivity index (χ3v) is 1.87. The number of nitrogens with two attached hydrogens (primary N) is 1. The van der Waals surface area contributed by atoms with Crippen LogP contribution in [0.1, 0.15) is 5.56 Å². The minimum atomic E-state index is 0.369. The predicted octanol–water partition coefficient (Wildman–Crippen LogP) is 3.17. The number of aryl methyl sites for hydroxylation is 1. The molecule has 0 fully saturated rings. The second-order valence-electron chi connectivity index (χ2n) is 2.35. The fourth-order valence-corrected chi connectivity index (χ4v) is 0.986. The first-order valence-electron chi connectivity index (χ1n) is 3.26. The third kappa shape index (κ3) is 1.61. The van der Waals surface area contributed by atoms with Crippen LogP contribution >= 0.6 is 11.6 Å². The predicted molar refractivity (Wildman–Crippen MR) is 49.4 cm³/mol. The molecule has 2 N–H and O–H groups in total. The Bertz CT molecular complexity index is 355. The Morgan fingerprint density at radius 1 is 1.58 bits per heavy atom. The van der Waals surface area contributed by atoms with Gasteiger partial charge in [0.25, 0.3) is 0 Å². The van der Waals surface area contributed by atoms with Gasteiger partial charge in [0.1, 0.15) is 0 Å². The van der Waals surface area contributed by atoms with Crippen molar-refractivity contribution in [2.45, 2.75) is 6.92 Å². The van der Waals surface area contributed by atoms with Crippen molar-refractivity contribution in [3.63, 3.8) is 0 Å². The molecule has 0 saturated carbocycles. The standard InChI is InChI=1S/C7H7ClN4/c1-4-2-6(9)7(11-12-10)3-5(4)8/h2-3H,9H2,1H3. The van der Waals surface area contributed by atoms with Crippen molar-refractivity contribution in [1.29, 1.82) is 0 Å². The summed E-state index contributed by atoms with van der Waals surface area (Å²) in [6.07, 6.45) is 0. The van der Waals surface area contributed by atoms with E-state index in [1.165, 1.54) is 0 Å². The van der Waals surface area contributed by atoms with E-state index in [9.17, 15) is 0 Å². The summed E-state index contributed by atoms with van der Waals surface area (Å²) in [5, 5.41) is 3.93. The van der Waals surface area contributed by atoms with Gasteiger partial charge in [0.15, 0.2) is 0 Å².